The van der Waals surface area contributed by atoms with E-state index in [2.05, 4.69) is 0 Å². The number of phenols is 1. The molecule has 0 fully saturated rings. The Labute approximate surface area is 99.8 Å². The van der Waals surface area contributed by atoms with Crippen LogP contribution in [0.4, 0.5) is 0 Å². The SMILES string of the molecule is CCc1ccc(OC)c(O)c1C(CN)C(=O)O. The van der Waals surface area contributed by atoms with E-state index >= 15 is 0 Å². The summed E-state index contributed by atoms with van der Waals surface area (Å²) < 4.78 is 4.98. The first-order valence-electron chi connectivity index (χ1n) is 5.38. The summed E-state index contributed by atoms with van der Waals surface area (Å²) in [5.41, 5.74) is 6.57. The molecule has 0 aliphatic rings. The Kier molecular flexibility index (Phi) is 4.34. The van der Waals surface area contributed by atoms with E-state index in [1.807, 2.05) is 6.92 Å². The Morgan fingerprint density at radius 3 is 2.59 bits per heavy atom. The fourth-order valence-corrected chi connectivity index (χ4v) is 1.83. The van der Waals surface area contributed by atoms with E-state index in [4.69, 9.17) is 15.6 Å². The lowest BCUT2D eigenvalue weighted by Crippen LogP contribution is -2.22. The topological polar surface area (TPSA) is 92.8 Å². The van der Waals surface area contributed by atoms with E-state index in [1.165, 1.54) is 7.11 Å². The second-order valence-corrected chi connectivity index (χ2v) is 3.67. The molecule has 1 aromatic rings. The minimum absolute atomic E-state index is 0.0664. The molecule has 17 heavy (non-hydrogen) atoms. The number of carbonyl (C=O) groups is 1. The average molecular weight is 239 g/mol. The van der Waals surface area contributed by atoms with Crippen LogP contribution in [0.1, 0.15) is 24.0 Å². The van der Waals surface area contributed by atoms with Crippen LogP contribution in [-0.4, -0.2) is 29.8 Å². The van der Waals surface area contributed by atoms with Gasteiger partial charge in [-0.2, -0.15) is 0 Å². The van der Waals surface area contributed by atoms with E-state index in [-0.39, 0.29) is 18.0 Å². The molecule has 0 aliphatic carbocycles. The Morgan fingerprint density at radius 1 is 1.53 bits per heavy atom. The molecule has 0 spiro atoms. The van der Waals surface area contributed by atoms with Gasteiger partial charge >= 0.3 is 5.97 Å². The van der Waals surface area contributed by atoms with Gasteiger partial charge in [-0.3, -0.25) is 4.79 Å². The second-order valence-electron chi connectivity index (χ2n) is 3.67. The zero-order valence-electron chi connectivity index (χ0n) is 9.93. The number of hydrogen-bond acceptors (Lipinski definition) is 4. The van der Waals surface area contributed by atoms with Crippen molar-refractivity contribution in [3.05, 3.63) is 23.3 Å². The molecule has 0 aromatic heterocycles. The van der Waals surface area contributed by atoms with E-state index in [0.717, 1.165) is 5.56 Å². The molecular weight excluding hydrogens is 222 g/mol. The lowest BCUT2D eigenvalue weighted by atomic mass is 9.91. The van der Waals surface area contributed by atoms with Gasteiger partial charge in [0.05, 0.1) is 13.0 Å². The van der Waals surface area contributed by atoms with Crippen molar-refractivity contribution in [2.75, 3.05) is 13.7 Å². The standard InChI is InChI=1S/C12H17NO4/c1-3-7-4-5-9(17-2)11(14)10(7)8(6-13)12(15)16/h4-5,8,14H,3,6,13H2,1-2H3,(H,15,16). The van der Waals surface area contributed by atoms with Crippen LogP contribution in [0, 0.1) is 0 Å². The van der Waals surface area contributed by atoms with Crippen molar-refractivity contribution < 1.29 is 19.7 Å². The van der Waals surface area contributed by atoms with Crippen molar-refractivity contribution in [3.8, 4) is 11.5 Å². The monoisotopic (exact) mass is 239 g/mol. The summed E-state index contributed by atoms with van der Waals surface area (Å²) >= 11 is 0. The molecule has 94 valence electrons. The Hall–Kier alpha value is -1.75. The highest BCUT2D eigenvalue weighted by Crippen LogP contribution is 2.37. The first-order chi connectivity index (χ1) is 8.06. The number of phenolic OH excluding ortho intramolecular Hbond substituents is 1. The lowest BCUT2D eigenvalue weighted by molar-refractivity contribution is -0.138. The third-order valence-electron chi connectivity index (χ3n) is 2.75. The third-order valence-corrected chi connectivity index (χ3v) is 2.75. The molecule has 5 nitrogen and oxygen atoms in total. The predicted octanol–water partition coefficient (Wildman–Crippen LogP) is 1.09. The molecule has 0 radical (unpaired) electrons. The number of carboxylic acid groups (broad SMARTS) is 1. The highest BCUT2D eigenvalue weighted by atomic mass is 16.5. The summed E-state index contributed by atoms with van der Waals surface area (Å²) in [6.07, 6.45) is 0.622. The molecule has 1 unspecified atom stereocenters. The number of rotatable bonds is 5. The van der Waals surface area contributed by atoms with Crippen LogP contribution < -0.4 is 10.5 Å². The van der Waals surface area contributed by atoms with Crippen LogP contribution in [0.15, 0.2) is 12.1 Å². The zero-order chi connectivity index (χ0) is 13.0. The number of methoxy groups -OCH3 is 1. The minimum Gasteiger partial charge on any atom is -0.504 e. The van der Waals surface area contributed by atoms with Crippen LogP contribution >= 0.6 is 0 Å². The van der Waals surface area contributed by atoms with Crippen molar-refractivity contribution in [2.24, 2.45) is 5.73 Å². The van der Waals surface area contributed by atoms with Gasteiger partial charge in [-0.25, -0.2) is 0 Å². The van der Waals surface area contributed by atoms with E-state index in [1.54, 1.807) is 12.1 Å². The summed E-state index contributed by atoms with van der Waals surface area (Å²) in [6, 6.07) is 3.37. The normalized spacial score (nSPS) is 12.2. The first-order valence-corrected chi connectivity index (χ1v) is 5.38. The van der Waals surface area contributed by atoms with Gasteiger partial charge in [0.1, 0.15) is 0 Å². The maximum absolute atomic E-state index is 11.1. The number of carboxylic acids is 1. The van der Waals surface area contributed by atoms with Crippen molar-refractivity contribution in [3.63, 3.8) is 0 Å². The molecule has 0 aliphatic heterocycles. The molecule has 1 atom stereocenters. The fraction of sp³-hybridized carbons (Fsp3) is 0.417. The van der Waals surface area contributed by atoms with Gasteiger partial charge in [-0.1, -0.05) is 13.0 Å². The van der Waals surface area contributed by atoms with Crippen LogP contribution in [0.2, 0.25) is 0 Å². The van der Waals surface area contributed by atoms with Crippen LogP contribution in [-0.2, 0) is 11.2 Å². The summed E-state index contributed by atoms with van der Waals surface area (Å²) in [6.45, 7) is 1.82. The number of ether oxygens (including phenoxy) is 1. The number of aromatic hydroxyl groups is 1. The second kappa shape index (κ2) is 5.54. The van der Waals surface area contributed by atoms with Crippen LogP contribution in [0.3, 0.4) is 0 Å². The Morgan fingerprint density at radius 2 is 2.18 bits per heavy atom. The van der Waals surface area contributed by atoms with Gasteiger partial charge in [0.15, 0.2) is 11.5 Å². The van der Waals surface area contributed by atoms with Crippen molar-refractivity contribution in [2.45, 2.75) is 19.3 Å². The van der Waals surface area contributed by atoms with Gasteiger partial charge < -0.3 is 20.7 Å². The fourth-order valence-electron chi connectivity index (χ4n) is 1.83. The first kappa shape index (κ1) is 13.3. The van der Waals surface area contributed by atoms with Crippen LogP contribution in [0.25, 0.3) is 0 Å². The molecule has 0 heterocycles. The van der Waals surface area contributed by atoms with Crippen molar-refractivity contribution >= 4 is 5.97 Å². The summed E-state index contributed by atoms with van der Waals surface area (Å²) in [5.74, 6) is -1.84. The maximum Gasteiger partial charge on any atom is 0.312 e. The van der Waals surface area contributed by atoms with Crippen LogP contribution in [0.5, 0.6) is 11.5 Å². The lowest BCUT2D eigenvalue weighted by Gasteiger charge is -2.18. The number of benzene rings is 1. The highest BCUT2D eigenvalue weighted by molar-refractivity contribution is 5.79. The predicted molar refractivity (Wildman–Crippen MR) is 63.5 cm³/mol. The molecule has 1 rings (SSSR count). The third kappa shape index (κ3) is 2.50. The number of aliphatic carboxylic acids is 1. The van der Waals surface area contributed by atoms with Gasteiger partial charge in [0.2, 0.25) is 0 Å². The van der Waals surface area contributed by atoms with Crippen molar-refractivity contribution in [1.29, 1.82) is 0 Å². The quantitative estimate of drug-likeness (QED) is 0.715. The Bertz CT molecular complexity index is 417. The van der Waals surface area contributed by atoms with E-state index in [9.17, 15) is 9.90 Å². The van der Waals surface area contributed by atoms with Crippen molar-refractivity contribution in [1.82, 2.24) is 0 Å². The highest BCUT2D eigenvalue weighted by Gasteiger charge is 2.26. The molecule has 5 heteroatoms. The van der Waals surface area contributed by atoms with E-state index in [0.29, 0.717) is 12.0 Å². The molecular formula is C12H17NO4. The summed E-state index contributed by atoms with van der Waals surface area (Å²) in [5, 5.41) is 19.1. The molecule has 0 bridgehead atoms. The van der Waals surface area contributed by atoms with Gasteiger partial charge in [-0.15, -0.1) is 0 Å². The summed E-state index contributed by atoms with van der Waals surface area (Å²) in [4.78, 5) is 11.1. The molecule has 0 amide bonds. The zero-order valence-corrected chi connectivity index (χ0v) is 9.93. The van der Waals surface area contributed by atoms with E-state index < -0.39 is 11.9 Å². The Balaban J connectivity index is 3.40. The molecule has 4 N–H and O–H groups in total. The molecule has 0 saturated heterocycles. The number of nitrogens with two attached hydrogens (primary N) is 1. The summed E-state index contributed by atoms with van der Waals surface area (Å²) in [7, 11) is 1.42. The van der Waals surface area contributed by atoms with Gasteiger partial charge in [0.25, 0.3) is 0 Å². The molecule has 0 saturated carbocycles. The number of aryl methyl sites for hydroxylation is 1. The van der Waals surface area contributed by atoms with Gasteiger partial charge in [-0.05, 0) is 18.1 Å². The average Bonchev–Trinajstić information content (AvgIpc) is 2.31. The molecule has 1 aromatic carbocycles. The number of hydrogen-bond donors (Lipinski definition) is 3. The van der Waals surface area contributed by atoms with Gasteiger partial charge in [0, 0.05) is 12.1 Å². The smallest absolute Gasteiger partial charge is 0.312 e. The minimum atomic E-state index is -1.05. The largest absolute Gasteiger partial charge is 0.504 e. The maximum atomic E-state index is 11.1.